The Kier molecular flexibility index (Phi) is 6.16. The van der Waals surface area contributed by atoms with Gasteiger partial charge in [0.15, 0.2) is 6.61 Å². The van der Waals surface area contributed by atoms with Crippen LogP contribution in [0, 0.1) is 0 Å². The van der Waals surface area contributed by atoms with Crippen LogP contribution in [0.5, 0.6) is 5.75 Å². The zero-order valence-electron chi connectivity index (χ0n) is 15.2. The van der Waals surface area contributed by atoms with Crippen LogP contribution in [0.1, 0.15) is 16.1 Å². The van der Waals surface area contributed by atoms with Crippen LogP contribution < -0.4 is 10.5 Å². The Morgan fingerprint density at radius 3 is 2.36 bits per heavy atom. The predicted octanol–water partition coefficient (Wildman–Crippen LogP) is 3.85. The summed E-state index contributed by atoms with van der Waals surface area (Å²) in [7, 11) is 1.68. The summed E-state index contributed by atoms with van der Waals surface area (Å²) in [4.78, 5) is 24.9. The Morgan fingerprint density at radius 2 is 1.71 bits per heavy atom. The van der Waals surface area contributed by atoms with Crippen molar-refractivity contribution in [2.24, 2.45) is 5.73 Å². The number of benzene rings is 2. The van der Waals surface area contributed by atoms with E-state index >= 15 is 0 Å². The van der Waals surface area contributed by atoms with Gasteiger partial charge in [-0.25, -0.2) is 0 Å². The quantitative estimate of drug-likeness (QED) is 0.601. The highest BCUT2D eigenvalue weighted by molar-refractivity contribution is 9.10. The van der Waals surface area contributed by atoms with Gasteiger partial charge < -0.3 is 19.8 Å². The van der Waals surface area contributed by atoms with E-state index in [0.29, 0.717) is 23.6 Å². The van der Waals surface area contributed by atoms with E-state index in [1.165, 1.54) is 4.90 Å². The molecule has 0 bridgehead atoms. The molecule has 0 aliphatic rings. The molecule has 6 nitrogen and oxygen atoms in total. The van der Waals surface area contributed by atoms with E-state index in [9.17, 15) is 9.59 Å². The van der Waals surface area contributed by atoms with E-state index in [2.05, 4.69) is 15.9 Å². The Balaban J connectivity index is 1.54. The molecule has 28 heavy (non-hydrogen) atoms. The maximum atomic E-state index is 12.3. The molecule has 0 aliphatic carbocycles. The maximum Gasteiger partial charge on any atom is 0.260 e. The Hall–Kier alpha value is -3.06. The summed E-state index contributed by atoms with van der Waals surface area (Å²) >= 11 is 3.41. The molecular weight excluding hydrogens is 424 g/mol. The fourth-order valence-electron chi connectivity index (χ4n) is 2.52. The van der Waals surface area contributed by atoms with Gasteiger partial charge in [-0.1, -0.05) is 28.1 Å². The molecule has 144 valence electrons. The number of ether oxygens (including phenoxy) is 1. The van der Waals surface area contributed by atoms with Gasteiger partial charge >= 0.3 is 0 Å². The first kappa shape index (κ1) is 19.7. The number of furan rings is 1. The minimum absolute atomic E-state index is 0.118. The third kappa shape index (κ3) is 5.01. The highest BCUT2D eigenvalue weighted by atomic mass is 79.9. The van der Waals surface area contributed by atoms with E-state index < -0.39 is 5.91 Å². The molecule has 0 atom stereocenters. The van der Waals surface area contributed by atoms with Crippen LogP contribution in [0.15, 0.2) is 69.6 Å². The first-order valence-electron chi connectivity index (χ1n) is 8.53. The second-order valence-electron chi connectivity index (χ2n) is 6.20. The van der Waals surface area contributed by atoms with E-state index in [1.807, 2.05) is 36.4 Å². The number of primary amides is 1. The van der Waals surface area contributed by atoms with Crippen molar-refractivity contribution >= 4 is 27.7 Å². The highest BCUT2D eigenvalue weighted by Crippen LogP contribution is 2.24. The minimum atomic E-state index is -0.511. The van der Waals surface area contributed by atoms with Crippen molar-refractivity contribution in [2.75, 3.05) is 13.7 Å². The third-order valence-corrected chi connectivity index (χ3v) is 4.64. The van der Waals surface area contributed by atoms with Crippen molar-refractivity contribution in [1.82, 2.24) is 4.90 Å². The van der Waals surface area contributed by atoms with Gasteiger partial charge in [0.05, 0.1) is 6.54 Å². The molecule has 2 N–H and O–H groups in total. The number of likely N-dealkylation sites (N-methyl/N-ethyl adjacent to an activating group) is 1. The zero-order chi connectivity index (χ0) is 20.1. The number of hydrogen-bond donors (Lipinski definition) is 1. The smallest absolute Gasteiger partial charge is 0.260 e. The minimum Gasteiger partial charge on any atom is -0.484 e. The van der Waals surface area contributed by atoms with Crippen molar-refractivity contribution in [3.8, 4) is 17.1 Å². The van der Waals surface area contributed by atoms with Crippen molar-refractivity contribution in [2.45, 2.75) is 6.54 Å². The maximum absolute atomic E-state index is 12.3. The van der Waals surface area contributed by atoms with Crippen molar-refractivity contribution < 1.29 is 18.7 Å². The van der Waals surface area contributed by atoms with E-state index in [1.54, 1.807) is 31.3 Å². The van der Waals surface area contributed by atoms with Crippen LogP contribution in [0.3, 0.4) is 0 Å². The molecule has 0 unspecified atom stereocenters. The molecule has 3 aromatic rings. The number of halogens is 1. The summed E-state index contributed by atoms with van der Waals surface area (Å²) in [6, 6.07) is 17.8. The van der Waals surface area contributed by atoms with Gasteiger partial charge in [-0.15, -0.1) is 0 Å². The molecule has 1 heterocycles. The normalized spacial score (nSPS) is 10.5. The SMILES string of the molecule is CN(Cc1ccc(-c2ccc(Br)cc2)o1)C(=O)COc1ccc(C(N)=O)cc1. The number of hydrogen-bond acceptors (Lipinski definition) is 4. The number of carbonyl (C=O) groups is 2. The molecule has 0 fully saturated rings. The fourth-order valence-corrected chi connectivity index (χ4v) is 2.79. The second kappa shape index (κ2) is 8.75. The summed E-state index contributed by atoms with van der Waals surface area (Å²) in [6.07, 6.45) is 0. The van der Waals surface area contributed by atoms with E-state index in [-0.39, 0.29) is 12.5 Å². The van der Waals surface area contributed by atoms with Crippen LogP contribution in [-0.2, 0) is 11.3 Å². The number of carbonyl (C=O) groups excluding carboxylic acids is 2. The molecule has 3 rings (SSSR count). The second-order valence-corrected chi connectivity index (χ2v) is 7.12. The van der Waals surface area contributed by atoms with Crippen LogP contribution in [-0.4, -0.2) is 30.4 Å². The molecule has 2 aromatic carbocycles. The standard InChI is InChI=1S/C21H19BrN2O4/c1-24(20(25)13-27-17-8-4-15(5-9-17)21(23)26)12-18-10-11-19(28-18)14-2-6-16(22)7-3-14/h2-11H,12-13H2,1H3,(H2,23,26). The van der Waals surface area contributed by atoms with Gasteiger partial charge in [0.2, 0.25) is 5.91 Å². The lowest BCUT2D eigenvalue weighted by molar-refractivity contribution is -0.132. The van der Waals surface area contributed by atoms with Gasteiger partial charge in [-0.3, -0.25) is 9.59 Å². The summed E-state index contributed by atoms with van der Waals surface area (Å²) in [5.41, 5.74) is 6.54. The molecule has 0 spiro atoms. The van der Waals surface area contributed by atoms with Crippen LogP contribution >= 0.6 is 15.9 Å². The highest BCUT2D eigenvalue weighted by Gasteiger charge is 2.13. The Morgan fingerprint density at radius 1 is 1.04 bits per heavy atom. The van der Waals surface area contributed by atoms with Crippen molar-refractivity contribution in [3.63, 3.8) is 0 Å². The lowest BCUT2D eigenvalue weighted by Gasteiger charge is -2.16. The summed E-state index contributed by atoms with van der Waals surface area (Å²) in [5, 5.41) is 0. The van der Waals surface area contributed by atoms with Gasteiger partial charge in [-0.05, 0) is 48.5 Å². The Labute approximate surface area is 171 Å². The molecule has 0 saturated carbocycles. The molecule has 7 heteroatoms. The van der Waals surface area contributed by atoms with E-state index in [0.717, 1.165) is 15.8 Å². The van der Waals surface area contributed by atoms with Crippen LogP contribution in [0.4, 0.5) is 0 Å². The zero-order valence-corrected chi connectivity index (χ0v) is 16.8. The molecule has 0 aliphatic heterocycles. The fraction of sp³-hybridized carbons (Fsp3) is 0.143. The third-order valence-electron chi connectivity index (χ3n) is 4.11. The number of nitrogens with two attached hydrogens (primary N) is 1. The lowest BCUT2D eigenvalue weighted by atomic mass is 10.2. The molecule has 1 aromatic heterocycles. The van der Waals surface area contributed by atoms with Gasteiger partial charge in [-0.2, -0.15) is 0 Å². The number of amides is 2. The van der Waals surface area contributed by atoms with Gasteiger partial charge in [0.1, 0.15) is 17.3 Å². The van der Waals surface area contributed by atoms with Crippen LogP contribution in [0.2, 0.25) is 0 Å². The molecule has 0 saturated heterocycles. The van der Waals surface area contributed by atoms with Crippen LogP contribution in [0.25, 0.3) is 11.3 Å². The Bertz CT molecular complexity index is 965. The van der Waals surface area contributed by atoms with Gasteiger partial charge in [0, 0.05) is 22.6 Å². The monoisotopic (exact) mass is 442 g/mol. The molecule has 2 amide bonds. The first-order valence-corrected chi connectivity index (χ1v) is 9.33. The van der Waals surface area contributed by atoms with Crippen molar-refractivity contribution in [1.29, 1.82) is 0 Å². The number of nitrogens with zero attached hydrogens (tertiary/aromatic N) is 1. The average Bonchev–Trinajstić information content (AvgIpc) is 3.15. The topological polar surface area (TPSA) is 85.8 Å². The summed E-state index contributed by atoms with van der Waals surface area (Å²) < 4.78 is 12.3. The molecule has 0 radical (unpaired) electrons. The summed E-state index contributed by atoms with van der Waals surface area (Å²) in [6.45, 7) is 0.214. The predicted molar refractivity (Wildman–Crippen MR) is 109 cm³/mol. The summed E-state index contributed by atoms with van der Waals surface area (Å²) in [5.74, 6) is 1.21. The average molecular weight is 443 g/mol. The van der Waals surface area contributed by atoms with Gasteiger partial charge in [0.25, 0.3) is 5.91 Å². The van der Waals surface area contributed by atoms with Crippen molar-refractivity contribution in [3.05, 3.63) is 76.5 Å². The lowest BCUT2D eigenvalue weighted by Crippen LogP contribution is -2.30. The largest absolute Gasteiger partial charge is 0.484 e. The van der Waals surface area contributed by atoms with E-state index in [4.69, 9.17) is 14.9 Å². The molecular formula is C21H19BrN2O4. The first-order chi connectivity index (χ1) is 13.4. The number of rotatable bonds is 7.